The smallest absolute Gasteiger partial charge is 0.363 e. The third-order valence-electron chi connectivity index (χ3n) is 5.81. The van der Waals surface area contributed by atoms with Crippen LogP contribution in [0.4, 0.5) is 24.5 Å². The van der Waals surface area contributed by atoms with Gasteiger partial charge >= 0.3 is 6.18 Å². The van der Waals surface area contributed by atoms with Gasteiger partial charge in [-0.1, -0.05) is 35.0 Å². The van der Waals surface area contributed by atoms with Crippen molar-refractivity contribution in [2.24, 2.45) is 0 Å². The summed E-state index contributed by atoms with van der Waals surface area (Å²) in [5, 5.41) is 15.5. The second-order valence-electron chi connectivity index (χ2n) is 7.98. The van der Waals surface area contributed by atoms with Crippen LogP contribution in [0.5, 0.6) is 0 Å². The van der Waals surface area contributed by atoms with Crippen LogP contribution in [-0.2, 0) is 6.18 Å². The van der Waals surface area contributed by atoms with Crippen LogP contribution in [0.25, 0.3) is 11.4 Å². The zero-order valence-corrected chi connectivity index (χ0v) is 18.0. The van der Waals surface area contributed by atoms with Crippen LogP contribution in [-0.4, -0.2) is 46.1 Å². The Morgan fingerprint density at radius 2 is 1.76 bits per heavy atom. The fourth-order valence-electron chi connectivity index (χ4n) is 3.84. The predicted molar refractivity (Wildman–Crippen MR) is 115 cm³/mol. The van der Waals surface area contributed by atoms with Crippen LogP contribution < -0.4 is 4.90 Å². The van der Waals surface area contributed by atoms with Gasteiger partial charge in [-0.3, -0.25) is 15.0 Å². The Balaban J connectivity index is 1.45. The van der Waals surface area contributed by atoms with Gasteiger partial charge in [-0.05, 0) is 26.0 Å². The molecular weight excluding hydrogens is 439 g/mol. The second-order valence-corrected chi connectivity index (χ2v) is 7.98. The van der Waals surface area contributed by atoms with E-state index in [1.165, 1.54) is 6.07 Å². The number of nitrogens with zero attached hydrogens (tertiary/aromatic N) is 5. The number of nitro groups is 1. The minimum Gasteiger partial charge on any atom is -0.363 e. The van der Waals surface area contributed by atoms with E-state index in [2.05, 4.69) is 15.0 Å². The summed E-state index contributed by atoms with van der Waals surface area (Å²) in [5.74, 6) is 0.954. The molecule has 0 bridgehead atoms. The fraction of sp³-hybridized carbons (Fsp3) is 0.364. The lowest BCUT2D eigenvalue weighted by Gasteiger charge is -2.37. The highest BCUT2D eigenvalue weighted by Gasteiger charge is 2.34. The molecule has 11 heteroatoms. The Morgan fingerprint density at radius 3 is 2.36 bits per heavy atom. The maximum atomic E-state index is 13.0. The highest BCUT2D eigenvalue weighted by atomic mass is 19.4. The van der Waals surface area contributed by atoms with Crippen molar-refractivity contribution < 1.29 is 22.6 Å². The number of nitro benzene ring substituents is 1. The molecule has 0 amide bonds. The van der Waals surface area contributed by atoms with Crippen LogP contribution in [0, 0.1) is 17.0 Å². The first-order chi connectivity index (χ1) is 15.6. The largest absolute Gasteiger partial charge is 0.416 e. The zero-order valence-electron chi connectivity index (χ0n) is 18.0. The van der Waals surface area contributed by atoms with Gasteiger partial charge in [-0.2, -0.15) is 18.2 Å². The SMILES string of the molecule is Cc1ccc(-c2noc([C@@H](C)N3CCN(c4ccc(C(F)(F)F)cc4[N+](=O)[O-])CC3)n2)cc1. The van der Waals surface area contributed by atoms with E-state index < -0.39 is 22.4 Å². The van der Waals surface area contributed by atoms with Gasteiger partial charge in [0.05, 0.1) is 16.5 Å². The molecule has 1 aliphatic rings. The Morgan fingerprint density at radius 1 is 1.09 bits per heavy atom. The first-order valence-corrected chi connectivity index (χ1v) is 10.4. The molecule has 4 rings (SSSR count). The molecule has 1 fully saturated rings. The summed E-state index contributed by atoms with van der Waals surface area (Å²) in [6, 6.07) is 10.2. The Hall–Kier alpha value is -3.47. The molecule has 2 aromatic carbocycles. The maximum absolute atomic E-state index is 13.0. The van der Waals surface area contributed by atoms with Crippen LogP contribution in [0.3, 0.4) is 0 Å². The number of rotatable bonds is 5. The van der Waals surface area contributed by atoms with Crippen molar-refractivity contribution in [1.82, 2.24) is 15.0 Å². The van der Waals surface area contributed by atoms with E-state index in [0.29, 0.717) is 44.0 Å². The Kier molecular flexibility index (Phi) is 6.07. The lowest BCUT2D eigenvalue weighted by Crippen LogP contribution is -2.47. The Labute approximate surface area is 187 Å². The molecule has 8 nitrogen and oxygen atoms in total. The number of hydrogen-bond acceptors (Lipinski definition) is 7. The van der Waals surface area contributed by atoms with Crippen LogP contribution in [0.1, 0.15) is 30.0 Å². The highest BCUT2D eigenvalue weighted by Crippen LogP contribution is 2.37. The van der Waals surface area contributed by atoms with E-state index >= 15 is 0 Å². The lowest BCUT2D eigenvalue weighted by molar-refractivity contribution is -0.384. The van der Waals surface area contributed by atoms with Gasteiger partial charge in [0, 0.05) is 37.8 Å². The van der Waals surface area contributed by atoms with Crippen LogP contribution in [0.15, 0.2) is 47.0 Å². The topological polar surface area (TPSA) is 88.5 Å². The molecule has 0 spiro atoms. The van der Waals surface area contributed by atoms with E-state index in [9.17, 15) is 23.3 Å². The molecule has 0 radical (unpaired) electrons. The van der Waals surface area contributed by atoms with Crippen molar-refractivity contribution in [2.45, 2.75) is 26.1 Å². The molecule has 33 heavy (non-hydrogen) atoms. The van der Waals surface area contributed by atoms with Gasteiger partial charge in [0.2, 0.25) is 11.7 Å². The highest BCUT2D eigenvalue weighted by molar-refractivity contribution is 5.65. The molecule has 1 aliphatic heterocycles. The van der Waals surface area contributed by atoms with Crippen molar-refractivity contribution in [3.63, 3.8) is 0 Å². The van der Waals surface area contributed by atoms with Crippen molar-refractivity contribution in [1.29, 1.82) is 0 Å². The number of piperazine rings is 1. The molecule has 1 aromatic heterocycles. The standard InChI is InChI=1S/C22H22F3N5O3/c1-14-3-5-16(6-4-14)20-26-21(33-27-20)15(2)28-9-11-29(12-10-28)18-8-7-17(22(23,24)25)13-19(18)30(31)32/h3-8,13,15H,9-12H2,1-2H3/t15-/m1/s1. The number of halogens is 3. The number of aromatic nitrogens is 2. The molecule has 1 atom stereocenters. The lowest BCUT2D eigenvalue weighted by atomic mass is 10.1. The van der Waals surface area contributed by atoms with E-state index in [-0.39, 0.29) is 11.7 Å². The number of anilines is 1. The van der Waals surface area contributed by atoms with Gasteiger partial charge in [0.1, 0.15) is 5.69 Å². The minimum absolute atomic E-state index is 0.179. The molecular formula is C22H22F3N5O3. The van der Waals surface area contributed by atoms with Crippen molar-refractivity contribution in [3.05, 3.63) is 69.6 Å². The second kappa shape index (κ2) is 8.81. The average Bonchev–Trinajstić information content (AvgIpc) is 3.28. The summed E-state index contributed by atoms with van der Waals surface area (Å²) in [4.78, 5) is 19.0. The quantitative estimate of drug-likeness (QED) is 0.396. The molecule has 1 saturated heterocycles. The maximum Gasteiger partial charge on any atom is 0.416 e. The normalized spacial score (nSPS) is 16.1. The van der Waals surface area contributed by atoms with Gasteiger partial charge < -0.3 is 9.42 Å². The summed E-state index contributed by atoms with van der Waals surface area (Å²) in [7, 11) is 0. The third-order valence-corrected chi connectivity index (χ3v) is 5.81. The van der Waals surface area contributed by atoms with Gasteiger partial charge in [0.15, 0.2) is 0 Å². The molecule has 0 aliphatic carbocycles. The fourth-order valence-corrected chi connectivity index (χ4v) is 3.84. The number of benzene rings is 2. The molecule has 3 aromatic rings. The van der Waals surface area contributed by atoms with E-state index in [1.807, 2.05) is 38.1 Å². The molecule has 174 valence electrons. The monoisotopic (exact) mass is 461 g/mol. The van der Waals surface area contributed by atoms with E-state index in [4.69, 9.17) is 4.52 Å². The summed E-state index contributed by atoms with van der Waals surface area (Å²) in [6.07, 6.45) is -4.64. The van der Waals surface area contributed by atoms with Crippen LogP contribution in [0.2, 0.25) is 0 Å². The summed E-state index contributed by atoms with van der Waals surface area (Å²) in [6.45, 7) is 5.81. The first-order valence-electron chi connectivity index (χ1n) is 10.4. The van der Waals surface area contributed by atoms with Gasteiger partial charge in [0.25, 0.3) is 5.69 Å². The number of hydrogen-bond donors (Lipinski definition) is 0. The van der Waals surface area contributed by atoms with Crippen molar-refractivity contribution in [2.75, 3.05) is 31.1 Å². The van der Waals surface area contributed by atoms with Gasteiger partial charge in [-0.15, -0.1) is 0 Å². The molecule has 0 saturated carbocycles. The average molecular weight is 461 g/mol. The predicted octanol–water partition coefficient (Wildman–Crippen LogP) is 4.86. The number of alkyl halides is 3. The van der Waals surface area contributed by atoms with E-state index in [1.54, 1.807) is 4.90 Å². The van der Waals surface area contributed by atoms with Crippen molar-refractivity contribution >= 4 is 11.4 Å². The third kappa shape index (κ3) is 4.82. The summed E-state index contributed by atoms with van der Waals surface area (Å²) in [5.41, 5.74) is 0.570. The Bertz CT molecular complexity index is 1140. The molecule has 0 N–H and O–H groups in total. The summed E-state index contributed by atoms with van der Waals surface area (Å²) < 4.78 is 44.4. The van der Waals surface area contributed by atoms with Gasteiger partial charge in [-0.25, -0.2) is 0 Å². The zero-order chi connectivity index (χ0) is 23.8. The summed E-state index contributed by atoms with van der Waals surface area (Å²) >= 11 is 0. The van der Waals surface area contributed by atoms with E-state index in [0.717, 1.165) is 17.2 Å². The van der Waals surface area contributed by atoms with Crippen molar-refractivity contribution in [3.8, 4) is 11.4 Å². The molecule has 2 heterocycles. The minimum atomic E-state index is -4.64. The molecule has 0 unspecified atom stereocenters. The first kappa shape index (κ1) is 22.7. The van der Waals surface area contributed by atoms with Crippen LogP contribution >= 0.6 is 0 Å². The number of aryl methyl sites for hydroxylation is 1.